The first-order valence-electron chi connectivity index (χ1n) is 11.7. The van der Waals surface area contributed by atoms with Crippen LogP contribution in [0.4, 0.5) is 11.5 Å². The Kier molecular flexibility index (Phi) is 4.98. The Labute approximate surface area is 201 Å². The summed E-state index contributed by atoms with van der Waals surface area (Å²) in [6.07, 6.45) is 9.96. The number of benzene rings is 1. The van der Waals surface area contributed by atoms with Crippen LogP contribution in [-0.2, 0) is 12.1 Å². The highest BCUT2D eigenvalue weighted by molar-refractivity contribution is 6.30. The number of aromatic nitrogens is 4. The third-order valence-electron chi connectivity index (χ3n) is 7.71. The van der Waals surface area contributed by atoms with Crippen LogP contribution in [0.2, 0.25) is 5.02 Å². The summed E-state index contributed by atoms with van der Waals surface area (Å²) in [5, 5.41) is 24.0. The minimum atomic E-state index is -0.622. The molecule has 4 saturated carbocycles. The Balaban J connectivity index is 1.23. The fourth-order valence-electron chi connectivity index (χ4n) is 6.76. The van der Waals surface area contributed by atoms with Gasteiger partial charge in [0.2, 0.25) is 5.69 Å². The molecule has 3 aromatic rings. The van der Waals surface area contributed by atoms with Gasteiger partial charge in [-0.3, -0.25) is 24.3 Å². The molecule has 0 radical (unpaired) electrons. The molecule has 1 amide bonds. The summed E-state index contributed by atoms with van der Waals surface area (Å²) in [6, 6.07) is 9.11. The van der Waals surface area contributed by atoms with Crippen LogP contribution < -0.4 is 5.32 Å². The number of nitrogens with one attached hydrogen (secondary N) is 1. The number of anilines is 1. The first-order chi connectivity index (χ1) is 16.4. The topological polar surface area (TPSA) is 108 Å². The first-order valence-corrected chi connectivity index (χ1v) is 12.1. The average Bonchev–Trinajstić information content (AvgIpc) is 3.41. The van der Waals surface area contributed by atoms with Gasteiger partial charge in [0.25, 0.3) is 5.91 Å². The molecule has 2 heterocycles. The number of rotatable bonds is 6. The fraction of sp³-hybridized carbons (Fsp3) is 0.458. The normalized spacial score (nSPS) is 27.1. The number of hydrogen-bond acceptors (Lipinski definition) is 5. The molecule has 4 fully saturated rings. The van der Waals surface area contributed by atoms with E-state index in [4.69, 9.17) is 11.6 Å². The van der Waals surface area contributed by atoms with Crippen molar-refractivity contribution in [3.05, 3.63) is 69.1 Å². The van der Waals surface area contributed by atoms with E-state index in [9.17, 15) is 14.9 Å². The Hall–Kier alpha value is -3.20. The van der Waals surface area contributed by atoms with E-state index in [0.717, 1.165) is 24.8 Å². The summed E-state index contributed by atoms with van der Waals surface area (Å²) >= 11 is 6.04. The quantitative estimate of drug-likeness (QED) is 0.400. The van der Waals surface area contributed by atoms with E-state index in [2.05, 4.69) is 15.5 Å². The highest BCUT2D eigenvalue weighted by Crippen LogP contribution is 2.58. The molecule has 0 aliphatic heterocycles. The van der Waals surface area contributed by atoms with Gasteiger partial charge in [-0.1, -0.05) is 23.7 Å². The second-order valence-corrected chi connectivity index (χ2v) is 10.6. The third kappa shape index (κ3) is 3.77. The zero-order chi connectivity index (χ0) is 23.4. The van der Waals surface area contributed by atoms with Crippen molar-refractivity contribution in [2.45, 2.75) is 50.6 Å². The van der Waals surface area contributed by atoms with E-state index in [0.29, 0.717) is 35.1 Å². The van der Waals surface area contributed by atoms with Crippen molar-refractivity contribution in [1.29, 1.82) is 0 Å². The highest BCUT2D eigenvalue weighted by atomic mass is 35.5. The average molecular weight is 481 g/mol. The molecular formula is C24H25ClN6O3. The molecule has 4 aliphatic carbocycles. The predicted octanol–water partition coefficient (Wildman–Crippen LogP) is 4.87. The molecular weight excluding hydrogens is 456 g/mol. The van der Waals surface area contributed by atoms with Crippen molar-refractivity contribution in [1.82, 2.24) is 19.6 Å². The zero-order valence-electron chi connectivity index (χ0n) is 18.6. The SMILES string of the molecule is O=C(Nc1ccn(Cc2cccc(Cl)c2)n1)c1nn(C23CC4CC(CC(C4)C2)C3)cc1[N+](=O)[O-]. The van der Waals surface area contributed by atoms with Gasteiger partial charge in [0.1, 0.15) is 6.20 Å². The van der Waals surface area contributed by atoms with Crippen molar-refractivity contribution in [3.8, 4) is 0 Å². The summed E-state index contributed by atoms with van der Waals surface area (Å²) in [5.74, 6) is 1.68. The van der Waals surface area contributed by atoms with E-state index in [-0.39, 0.29) is 16.9 Å². The van der Waals surface area contributed by atoms with E-state index in [1.165, 1.54) is 25.5 Å². The van der Waals surface area contributed by atoms with Gasteiger partial charge in [-0.2, -0.15) is 10.2 Å². The highest BCUT2D eigenvalue weighted by Gasteiger charge is 2.53. The summed E-state index contributed by atoms with van der Waals surface area (Å²) in [7, 11) is 0. The first kappa shape index (κ1) is 21.3. The van der Waals surface area contributed by atoms with Gasteiger partial charge in [0, 0.05) is 17.3 Å². The van der Waals surface area contributed by atoms with Crippen LogP contribution >= 0.6 is 11.6 Å². The van der Waals surface area contributed by atoms with Crippen LogP contribution in [0, 0.1) is 27.9 Å². The third-order valence-corrected chi connectivity index (χ3v) is 7.95. The van der Waals surface area contributed by atoms with Gasteiger partial charge in [0.05, 0.1) is 17.0 Å². The number of amides is 1. The van der Waals surface area contributed by atoms with E-state index in [1.54, 1.807) is 27.7 Å². The predicted molar refractivity (Wildman–Crippen MR) is 126 cm³/mol. The molecule has 176 valence electrons. The van der Waals surface area contributed by atoms with Crippen molar-refractivity contribution in [2.24, 2.45) is 17.8 Å². The van der Waals surface area contributed by atoms with Crippen LogP contribution in [-0.4, -0.2) is 30.4 Å². The molecule has 0 unspecified atom stereocenters. The molecule has 4 aliphatic rings. The van der Waals surface area contributed by atoms with Crippen LogP contribution in [0.1, 0.15) is 54.6 Å². The fourth-order valence-corrected chi connectivity index (χ4v) is 6.98. The summed E-state index contributed by atoms with van der Waals surface area (Å²) in [4.78, 5) is 24.3. The van der Waals surface area contributed by atoms with Crippen LogP contribution in [0.3, 0.4) is 0 Å². The second-order valence-electron chi connectivity index (χ2n) is 10.2. The van der Waals surface area contributed by atoms with Crippen molar-refractivity contribution in [3.63, 3.8) is 0 Å². The molecule has 10 heteroatoms. The van der Waals surface area contributed by atoms with Gasteiger partial charge in [-0.15, -0.1) is 0 Å². The lowest BCUT2D eigenvalue weighted by atomic mass is 9.53. The lowest BCUT2D eigenvalue weighted by Crippen LogP contribution is -2.52. The maximum absolute atomic E-state index is 13.0. The van der Waals surface area contributed by atoms with Crippen molar-refractivity contribution < 1.29 is 9.72 Å². The van der Waals surface area contributed by atoms with Gasteiger partial charge >= 0.3 is 5.69 Å². The number of carbonyl (C=O) groups is 1. The molecule has 0 saturated heterocycles. The van der Waals surface area contributed by atoms with E-state index >= 15 is 0 Å². The van der Waals surface area contributed by atoms with Crippen LogP contribution in [0.25, 0.3) is 0 Å². The van der Waals surface area contributed by atoms with Crippen LogP contribution in [0.5, 0.6) is 0 Å². The Bertz CT molecular complexity index is 1250. The van der Waals surface area contributed by atoms with Gasteiger partial charge < -0.3 is 5.32 Å². The molecule has 9 nitrogen and oxygen atoms in total. The minimum Gasteiger partial charge on any atom is -0.303 e. The smallest absolute Gasteiger partial charge is 0.303 e. The molecule has 1 N–H and O–H groups in total. The number of carbonyl (C=O) groups excluding carboxylic acids is 1. The minimum absolute atomic E-state index is 0.162. The summed E-state index contributed by atoms with van der Waals surface area (Å²) in [5.41, 5.74) is 0.353. The molecule has 0 spiro atoms. The van der Waals surface area contributed by atoms with E-state index in [1.807, 2.05) is 18.2 Å². The Morgan fingerprint density at radius 2 is 1.85 bits per heavy atom. The number of halogens is 1. The maximum atomic E-state index is 13.0. The van der Waals surface area contributed by atoms with Gasteiger partial charge in [-0.25, -0.2) is 0 Å². The molecule has 0 atom stereocenters. The lowest BCUT2D eigenvalue weighted by molar-refractivity contribution is -0.385. The second kappa shape index (κ2) is 7.94. The molecule has 4 bridgehead atoms. The van der Waals surface area contributed by atoms with Crippen LogP contribution in [0.15, 0.2) is 42.7 Å². The molecule has 34 heavy (non-hydrogen) atoms. The Morgan fingerprint density at radius 1 is 1.15 bits per heavy atom. The summed E-state index contributed by atoms with van der Waals surface area (Å²) < 4.78 is 3.42. The van der Waals surface area contributed by atoms with E-state index < -0.39 is 10.8 Å². The Morgan fingerprint density at radius 3 is 2.50 bits per heavy atom. The van der Waals surface area contributed by atoms with Crippen molar-refractivity contribution >= 4 is 29.0 Å². The monoisotopic (exact) mass is 480 g/mol. The summed E-state index contributed by atoms with van der Waals surface area (Å²) in [6.45, 7) is 0.483. The lowest BCUT2D eigenvalue weighted by Gasteiger charge is -2.56. The number of hydrogen-bond donors (Lipinski definition) is 1. The maximum Gasteiger partial charge on any atom is 0.320 e. The zero-order valence-corrected chi connectivity index (χ0v) is 19.3. The van der Waals surface area contributed by atoms with Crippen molar-refractivity contribution in [2.75, 3.05) is 5.32 Å². The number of nitrogens with zero attached hydrogens (tertiary/aromatic N) is 5. The van der Waals surface area contributed by atoms with Gasteiger partial charge in [0.15, 0.2) is 5.82 Å². The molecule has 1 aromatic carbocycles. The standard InChI is InChI=1S/C24H25ClN6O3/c25-19-3-1-2-15(9-19)13-29-5-4-21(27-29)26-23(32)22-20(31(33)34)14-30(28-22)24-10-16-6-17(11-24)8-18(7-16)12-24/h1-5,9,14,16-18H,6-8,10-13H2,(H,26,27,32). The number of nitro groups is 1. The molecule has 7 rings (SSSR count). The molecule has 2 aromatic heterocycles. The largest absolute Gasteiger partial charge is 0.320 e. The van der Waals surface area contributed by atoms with Gasteiger partial charge in [-0.05, 0) is 74.0 Å².